The van der Waals surface area contributed by atoms with Crippen molar-refractivity contribution in [2.75, 3.05) is 0 Å². The zero-order chi connectivity index (χ0) is 8.81. The predicted molar refractivity (Wildman–Crippen MR) is 52.9 cm³/mol. The summed E-state index contributed by atoms with van der Waals surface area (Å²) >= 11 is 0. The van der Waals surface area contributed by atoms with Crippen LogP contribution in [0.2, 0.25) is 0 Å². The Bertz CT molecular complexity index is 246. The summed E-state index contributed by atoms with van der Waals surface area (Å²) in [5.74, 6) is 0. The van der Waals surface area contributed by atoms with E-state index < -0.39 is 0 Å². The Morgan fingerprint density at radius 1 is 1.42 bits per heavy atom. The van der Waals surface area contributed by atoms with Gasteiger partial charge in [0.2, 0.25) is 0 Å². The molecule has 1 heterocycles. The Kier molecular flexibility index (Phi) is 3.52. The van der Waals surface area contributed by atoms with Gasteiger partial charge in [0.25, 0.3) is 0 Å². The van der Waals surface area contributed by atoms with Crippen LogP contribution in [0.5, 0.6) is 0 Å². The largest absolute Gasteiger partial charge is 0.257 e. The number of pyridine rings is 1. The van der Waals surface area contributed by atoms with E-state index in [1.165, 1.54) is 12.0 Å². The van der Waals surface area contributed by atoms with Crippen molar-refractivity contribution >= 4 is 6.08 Å². The van der Waals surface area contributed by atoms with Crippen molar-refractivity contribution in [1.82, 2.24) is 4.98 Å². The molecule has 12 heavy (non-hydrogen) atoms. The zero-order valence-electron chi connectivity index (χ0n) is 7.75. The van der Waals surface area contributed by atoms with E-state index in [0.29, 0.717) is 0 Å². The summed E-state index contributed by atoms with van der Waals surface area (Å²) in [6, 6.07) is 4.21. The maximum Gasteiger partial charge on any atom is 0.0626 e. The third-order valence-electron chi connectivity index (χ3n) is 1.72. The molecule has 1 nitrogen and oxygen atoms in total. The molecule has 0 aliphatic heterocycles. The van der Waals surface area contributed by atoms with E-state index in [-0.39, 0.29) is 0 Å². The van der Waals surface area contributed by atoms with Crippen LogP contribution in [0.3, 0.4) is 0 Å². The molecule has 0 unspecified atom stereocenters. The number of aryl methyl sites for hydroxylation is 1. The first kappa shape index (κ1) is 8.98. The van der Waals surface area contributed by atoms with Gasteiger partial charge in [-0.05, 0) is 31.1 Å². The van der Waals surface area contributed by atoms with Gasteiger partial charge in [0.05, 0.1) is 5.69 Å². The monoisotopic (exact) mass is 161 g/mol. The van der Waals surface area contributed by atoms with Gasteiger partial charge in [-0.1, -0.05) is 25.5 Å². The SMILES string of the molecule is CC=Cc1ccc(CCC)cn1. The van der Waals surface area contributed by atoms with Crippen molar-refractivity contribution in [2.45, 2.75) is 26.7 Å². The number of rotatable bonds is 3. The molecule has 1 aromatic heterocycles. The van der Waals surface area contributed by atoms with Crippen LogP contribution < -0.4 is 0 Å². The number of hydrogen-bond donors (Lipinski definition) is 0. The van der Waals surface area contributed by atoms with Gasteiger partial charge in [-0.15, -0.1) is 0 Å². The Morgan fingerprint density at radius 3 is 2.75 bits per heavy atom. The molecule has 0 aliphatic carbocycles. The summed E-state index contributed by atoms with van der Waals surface area (Å²) in [5, 5.41) is 0. The van der Waals surface area contributed by atoms with Crippen LogP contribution in [0.15, 0.2) is 24.4 Å². The third kappa shape index (κ3) is 2.50. The first-order valence-electron chi connectivity index (χ1n) is 4.44. The Labute approximate surface area is 74.2 Å². The molecule has 0 N–H and O–H groups in total. The summed E-state index contributed by atoms with van der Waals surface area (Å²) in [5.41, 5.74) is 2.36. The summed E-state index contributed by atoms with van der Waals surface area (Å²) in [4.78, 5) is 4.30. The first-order chi connectivity index (χ1) is 5.86. The van der Waals surface area contributed by atoms with Gasteiger partial charge in [0.1, 0.15) is 0 Å². The minimum Gasteiger partial charge on any atom is -0.257 e. The third-order valence-corrected chi connectivity index (χ3v) is 1.72. The van der Waals surface area contributed by atoms with Crippen LogP contribution in [-0.2, 0) is 6.42 Å². The smallest absolute Gasteiger partial charge is 0.0626 e. The van der Waals surface area contributed by atoms with E-state index in [0.717, 1.165) is 12.1 Å². The number of aromatic nitrogens is 1. The fourth-order valence-corrected chi connectivity index (χ4v) is 1.14. The molecular weight excluding hydrogens is 146 g/mol. The molecule has 1 rings (SSSR count). The van der Waals surface area contributed by atoms with Crippen molar-refractivity contribution in [3.63, 3.8) is 0 Å². The van der Waals surface area contributed by atoms with E-state index in [2.05, 4.69) is 24.0 Å². The molecule has 0 saturated carbocycles. The van der Waals surface area contributed by atoms with Crippen molar-refractivity contribution in [3.05, 3.63) is 35.7 Å². The standard InChI is InChI=1S/C11H15N/c1-3-5-10-7-8-11(6-4-2)12-9-10/h4,6-9H,3,5H2,1-2H3. The average molecular weight is 161 g/mol. The molecule has 0 fully saturated rings. The lowest BCUT2D eigenvalue weighted by molar-refractivity contribution is 0.913. The van der Waals surface area contributed by atoms with Crippen LogP contribution in [0.4, 0.5) is 0 Å². The molecule has 0 aliphatic rings. The number of allylic oxidation sites excluding steroid dienone is 1. The molecule has 0 radical (unpaired) electrons. The van der Waals surface area contributed by atoms with E-state index in [1.807, 2.05) is 25.3 Å². The highest BCUT2D eigenvalue weighted by Crippen LogP contribution is 2.04. The fourth-order valence-electron chi connectivity index (χ4n) is 1.14. The molecule has 0 atom stereocenters. The van der Waals surface area contributed by atoms with Crippen molar-refractivity contribution in [1.29, 1.82) is 0 Å². The molecule has 0 saturated heterocycles. The van der Waals surface area contributed by atoms with Crippen molar-refractivity contribution < 1.29 is 0 Å². The Morgan fingerprint density at radius 2 is 2.25 bits per heavy atom. The lowest BCUT2D eigenvalue weighted by Crippen LogP contribution is -1.86. The van der Waals surface area contributed by atoms with E-state index in [1.54, 1.807) is 0 Å². The average Bonchev–Trinajstić information content (AvgIpc) is 2.09. The molecule has 1 aromatic rings. The van der Waals surface area contributed by atoms with Gasteiger partial charge in [-0.3, -0.25) is 4.98 Å². The predicted octanol–water partition coefficient (Wildman–Crippen LogP) is 3.07. The highest BCUT2D eigenvalue weighted by atomic mass is 14.7. The Hall–Kier alpha value is -1.11. The van der Waals surface area contributed by atoms with Crippen LogP contribution in [0.25, 0.3) is 6.08 Å². The van der Waals surface area contributed by atoms with Gasteiger partial charge < -0.3 is 0 Å². The minimum absolute atomic E-state index is 1.04. The molecule has 1 heteroatoms. The van der Waals surface area contributed by atoms with Gasteiger partial charge in [-0.25, -0.2) is 0 Å². The second-order valence-electron chi connectivity index (χ2n) is 2.84. The van der Waals surface area contributed by atoms with Gasteiger partial charge in [0, 0.05) is 6.20 Å². The molecule has 64 valence electrons. The summed E-state index contributed by atoms with van der Waals surface area (Å²) in [6.45, 7) is 4.18. The summed E-state index contributed by atoms with van der Waals surface area (Å²) < 4.78 is 0. The van der Waals surface area contributed by atoms with Crippen LogP contribution in [-0.4, -0.2) is 4.98 Å². The number of hydrogen-bond acceptors (Lipinski definition) is 1. The minimum atomic E-state index is 1.04. The molecule has 0 aromatic carbocycles. The normalized spacial score (nSPS) is 10.8. The lowest BCUT2D eigenvalue weighted by atomic mass is 10.1. The highest BCUT2D eigenvalue weighted by Gasteiger charge is 1.90. The molecular formula is C11H15N. The second kappa shape index (κ2) is 4.70. The van der Waals surface area contributed by atoms with Crippen molar-refractivity contribution in [3.8, 4) is 0 Å². The van der Waals surface area contributed by atoms with Gasteiger partial charge in [-0.2, -0.15) is 0 Å². The maximum absolute atomic E-state index is 4.30. The Balaban J connectivity index is 2.71. The summed E-state index contributed by atoms with van der Waals surface area (Å²) in [7, 11) is 0. The van der Waals surface area contributed by atoms with Crippen LogP contribution in [0.1, 0.15) is 31.5 Å². The molecule has 0 bridgehead atoms. The van der Waals surface area contributed by atoms with Gasteiger partial charge >= 0.3 is 0 Å². The van der Waals surface area contributed by atoms with Crippen LogP contribution in [0, 0.1) is 0 Å². The topological polar surface area (TPSA) is 12.9 Å². The fraction of sp³-hybridized carbons (Fsp3) is 0.364. The highest BCUT2D eigenvalue weighted by molar-refractivity contribution is 5.43. The van der Waals surface area contributed by atoms with E-state index in [4.69, 9.17) is 0 Å². The molecule has 0 amide bonds. The van der Waals surface area contributed by atoms with E-state index >= 15 is 0 Å². The zero-order valence-corrected chi connectivity index (χ0v) is 7.75. The van der Waals surface area contributed by atoms with Crippen LogP contribution >= 0.6 is 0 Å². The summed E-state index contributed by atoms with van der Waals surface area (Å²) in [6.07, 6.45) is 8.28. The van der Waals surface area contributed by atoms with Gasteiger partial charge in [0.15, 0.2) is 0 Å². The van der Waals surface area contributed by atoms with Crippen molar-refractivity contribution in [2.24, 2.45) is 0 Å². The van der Waals surface area contributed by atoms with E-state index in [9.17, 15) is 0 Å². The lowest BCUT2D eigenvalue weighted by Gasteiger charge is -1.97. The second-order valence-corrected chi connectivity index (χ2v) is 2.84. The quantitative estimate of drug-likeness (QED) is 0.664. The number of nitrogens with zero attached hydrogens (tertiary/aromatic N) is 1. The maximum atomic E-state index is 4.30. The first-order valence-corrected chi connectivity index (χ1v) is 4.44. The molecule has 0 spiro atoms.